The first-order chi connectivity index (χ1) is 9.74. The van der Waals surface area contributed by atoms with Crippen molar-refractivity contribution in [1.29, 1.82) is 0 Å². The Kier molecular flexibility index (Phi) is 4.00. The Morgan fingerprint density at radius 1 is 1.15 bits per heavy atom. The minimum Gasteiger partial charge on any atom is -0.336 e. The normalized spacial score (nSPS) is 28.2. The maximum absolute atomic E-state index is 12.4. The molecule has 0 saturated carbocycles. The summed E-state index contributed by atoms with van der Waals surface area (Å²) >= 11 is 0. The van der Waals surface area contributed by atoms with E-state index in [0.29, 0.717) is 24.6 Å². The number of rotatable bonds is 2. The van der Waals surface area contributed by atoms with Crippen molar-refractivity contribution in [3.05, 3.63) is 0 Å². The van der Waals surface area contributed by atoms with E-state index in [1.54, 1.807) is 0 Å². The molecule has 0 aromatic rings. The molecule has 6 nitrogen and oxygen atoms in total. The van der Waals surface area contributed by atoms with E-state index in [1.165, 1.54) is 32.4 Å². The minimum absolute atomic E-state index is 0.00824. The Morgan fingerprint density at radius 2 is 1.95 bits per heavy atom. The fourth-order valence-corrected chi connectivity index (χ4v) is 3.35. The average molecular weight is 278 g/mol. The van der Waals surface area contributed by atoms with Crippen LogP contribution in [0.5, 0.6) is 0 Å². The predicted octanol–water partition coefficient (Wildman–Crippen LogP) is 0.339. The molecule has 3 rings (SSSR count). The maximum Gasteiger partial charge on any atom is 0.270 e. The lowest BCUT2D eigenvalue weighted by molar-refractivity contribution is -0.126. The van der Waals surface area contributed by atoms with Gasteiger partial charge in [0.1, 0.15) is 5.71 Å². The lowest BCUT2D eigenvalue weighted by atomic mass is 10.0. The van der Waals surface area contributed by atoms with E-state index < -0.39 is 0 Å². The highest BCUT2D eigenvalue weighted by Crippen LogP contribution is 2.21. The summed E-state index contributed by atoms with van der Waals surface area (Å²) in [5.41, 5.74) is 2.92. The number of hydrogen-bond donors (Lipinski definition) is 1. The number of nitrogens with zero attached hydrogens (tertiary/aromatic N) is 3. The van der Waals surface area contributed by atoms with Crippen LogP contribution in [0, 0.1) is 0 Å². The quantitative estimate of drug-likeness (QED) is 0.792. The molecule has 2 fully saturated rings. The van der Waals surface area contributed by atoms with Crippen molar-refractivity contribution in [2.24, 2.45) is 5.10 Å². The van der Waals surface area contributed by atoms with E-state index in [1.807, 2.05) is 4.90 Å². The third-order valence-electron chi connectivity index (χ3n) is 4.49. The Morgan fingerprint density at radius 3 is 2.65 bits per heavy atom. The van der Waals surface area contributed by atoms with Crippen LogP contribution in [0.3, 0.4) is 0 Å². The van der Waals surface area contributed by atoms with Crippen LogP contribution in [0.25, 0.3) is 0 Å². The summed E-state index contributed by atoms with van der Waals surface area (Å²) in [6.07, 6.45) is 5.65. The summed E-state index contributed by atoms with van der Waals surface area (Å²) in [5, 5.41) is 3.92. The molecule has 0 spiro atoms. The summed E-state index contributed by atoms with van der Waals surface area (Å²) in [6, 6.07) is 0.508. The molecule has 1 atom stereocenters. The number of carbonyl (C=O) groups excluding carboxylic acids is 2. The highest BCUT2D eigenvalue weighted by atomic mass is 16.2. The molecule has 6 heteroatoms. The van der Waals surface area contributed by atoms with Crippen molar-refractivity contribution < 1.29 is 9.59 Å². The number of carbonyl (C=O) groups is 2. The number of hydrogen-bond acceptors (Lipinski definition) is 4. The van der Waals surface area contributed by atoms with Gasteiger partial charge in [0.25, 0.3) is 5.91 Å². The van der Waals surface area contributed by atoms with Gasteiger partial charge in [0.15, 0.2) is 0 Å². The fourth-order valence-electron chi connectivity index (χ4n) is 3.35. The molecule has 1 unspecified atom stereocenters. The van der Waals surface area contributed by atoms with Gasteiger partial charge in [-0.2, -0.15) is 5.10 Å². The van der Waals surface area contributed by atoms with Crippen LogP contribution in [0.15, 0.2) is 5.10 Å². The van der Waals surface area contributed by atoms with E-state index in [4.69, 9.17) is 0 Å². The van der Waals surface area contributed by atoms with Crippen LogP contribution in [0.1, 0.15) is 38.5 Å². The van der Waals surface area contributed by atoms with Gasteiger partial charge >= 0.3 is 0 Å². The van der Waals surface area contributed by atoms with Crippen LogP contribution < -0.4 is 5.43 Å². The largest absolute Gasteiger partial charge is 0.336 e. The Bertz CT molecular complexity index is 429. The van der Waals surface area contributed by atoms with Crippen molar-refractivity contribution in [1.82, 2.24) is 15.2 Å². The summed E-state index contributed by atoms with van der Waals surface area (Å²) in [4.78, 5) is 28.0. The van der Waals surface area contributed by atoms with Crippen molar-refractivity contribution in [2.75, 3.05) is 26.2 Å². The standard InChI is InChI=1S/C14H22N4O2/c19-13-6-5-12(15-16-13)14(20)18-9-3-4-11(10-18)17-7-1-2-8-17/h11H,1-10H2,(H,16,19). The summed E-state index contributed by atoms with van der Waals surface area (Å²) in [6.45, 7) is 3.97. The highest BCUT2D eigenvalue weighted by Gasteiger charge is 2.31. The Labute approximate surface area is 119 Å². The molecule has 1 N–H and O–H groups in total. The third kappa shape index (κ3) is 2.85. The Hall–Kier alpha value is -1.43. The molecule has 3 aliphatic rings. The van der Waals surface area contributed by atoms with E-state index >= 15 is 0 Å². The summed E-state index contributed by atoms with van der Waals surface area (Å²) in [7, 11) is 0. The van der Waals surface area contributed by atoms with Crippen LogP contribution >= 0.6 is 0 Å². The first-order valence-electron chi connectivity index (χ1n) is 7.63. The maximum atomic E-state index is 12.4. The first kappa shape index (κ1) is 13.5. The van der Waals surface area contributed by atoms with Crippen LogP contribution in [0.4, 0.5) is 0 Å². The monoisotopic (exact) mass is 278 g/mol. The lowest BCUT2D eigenvalue weighted by Crippen LogP contribution is -2.51. The van der Waals surface area contributed by atoms with Gasteiger partial charge in [0.05, 0.1) is 0 Å². The zero-order valence-electron chi connectivity index (χ0n) is 11.8. The average Bonchev–Trinajstić information content (AvgIpc) is 3.02. The number of likely N-dealkylation sites (tertiary alicyclic amines) is 2. The molecule has 0 aromatic carbocycles. The van der Waals surface area contributed by atoms with E-state index in [2.05, 4.69) is 15.4 Å². The van der Waals surface area contributed by atoms with Crippen LogP contribution in [0.2, 0.25) is 0 Å². The van der Waals surface area contributed by atoms with Crippen molar-refractivity contribution in [3.8, 4) is 0 Å². The fraction of sp³-hybridized carbons (Fsp3) is 0.786. The molecule has 3 heterocycles. The van der Waals surface area contributed by atoms with Crippen LogP contribution in [-0.2, 0) is 9.59 Å². The predicted molar refractivity (Wildman–Crippen MR) is 75.2 cm³/mol. The smallest absolute Gasteiger partial charge is 0.270 e. The van der Waals surface area contributed by atoms with E-state index in [-0.39, 0.29) is 11.8 Å². The third-order valence-corrected chi connectivity index (χ3v) is 4.49. The second-order valence-corrected chi connectivity index (χ2v) is 5.88. The lowest BCUT2D eigenvalue weighted by Gasteiger charge is -2.37. The molecular weight excluding hydrogens is 256 g/mol. The number of nitrogens with one attached hydrogen (secondary N) is 1. The molecule has 2 saturated heterocycles. The van der Waals surface area contributed by atoms with E-state index in [0.717, 1.165) is 19.5 Å². The van der Waals surface area contributed by atoms with Crippen molar-refractivity contribution in [3.63, 3.8) is 0 Å². The molecule has 110 valence electrons. The van der Waals surface area contributed by atoms with Gasteiger partial charge in [-0.05, 0) is 38.8 Å². The van der Waals surface area contributed by atoms with Gasteiger partial charge in [-0.3, -0.25) is 14.5 Å². The number of amides is 2. The minimum atomic E-state index is -0.102. The molecule has 0 aliphatic carbocycles. The van der Waals surface area contributed by atoms with Gasteiger partial charge < -0.3 is 4.90 Å². The second-order valence-electron chi connectivity index (χ2n) is 5.88. The molecule has 20 heavy (non-hydrogen) atoms. The van der Waals surface area contributed by atoms with Gasteiger partial charge in [0, 0.05) is 32.0 Å². The zero-order chi connectivity index (χ0) is 13.9. The molecule has 3 aliphatic heterocycles. The van der Waals surface area contributed by atoms with Gasteiger partial charge in [-0.25, -0.2) is 5.43 Å². The number of hydrazone groups is 1. The number of piperidine rings is 1. The van der Waals surface area contributed by atoms with Gasteiger partial charge in [-0.1, -0.05) is 0 Å². The molecule has 0 aromatic heterocycles. The van der Waals surface area contributed by atoms with Crippen LogP contribution in [-0.4, -0.2) is 59.5 Å². The molecule has 0 bridgehead atoms. The SMILES string of the molecule is O=C1CCC(C(=O)N2CCCC(N3CCCC3)C2)=NN1. The first-order valence-corrected chi connectivity index (χ1v) is 7.63. The van der Waals surface area contributed by atoms with Crippen molar-refractivity contribution >= 4 is 17.5 Å². The van der Waals surface area contributed by atoms with Gasteiger partial charge in [0.2, 0.25) is 5.91 Å². The van der Waals surface area contributed by atoms with Crippen molar-refractivity contribution in [2.45, 2.75) is 44.6 Å². The molecule has 2 amide bonds. The molecule has 0 radical (unpaired) electrons. The molecular formula is C14H22N4O2. The topological polar surface area (TPSA) is 65.0 Å². The van der Waals surface area contributed by atoms with E-state index in [9.17, 15) is 9.59 Å². The zero-order valence-corrected chi connectivity index (χ0v) is 11.8. The summed E-state index contributed by atoms with van der Waals surface area (Å²) < 4.78 is 0. The van der Waals surface area contributed by atoms with Gasteiger partial charge in [-0.15, -0.1) is 0 Å². The second kappa shape index (κ2) is 5.91. The Balaban J connectivity index is 1.61. The highest BCUT2D eigenvalue weighted by molar-refractivity contribution is 6.39. The summed E-state index contributed by atoms with van der Waals surface area (Å²) in [5.74, 6) is -0.0935.